The maximum Gasteiger partial charge on any atom is 0.0815 e. The van der Waals surface area contributed by atoms with Gasteiger partial charge >= 0.3 is 0 Å². The second kappa shape index (κ2) is 4.73. The van der Waals surface area contributed by atoms with Crippen LogP contribution in [0.4, 0.5) is 11.4 Å². The van der Waals surface area contributed by atoms with E-state index >= 15 is 0 Å². The Hall–Kier alpha value is -1.24. The lowest BCUT2D eigenvalue weighted by atomic mass is 10.3. The summed E-state index contributed by atoms with van der Waals surface area (Å²) in [6, 6.07) is 7.82. The largest absolute Gasteiger partial charge is 0.399 e. The summed E-state index contributed by atoms with van der Waals surface area (Å²) in [5, 5.41) is 7.63. The zero-order valence-corrected chi connectivity index (χ0v) is 11.1. The van der Waals surface area contributed by atoms with E-state index in [-0.39, 0.29) is 0 Å². The Labute approximate surface area is 108 Å². The number of anilines is 2. The maximum absolute atomic E-state index is 5.69. The molecule has 0 atom stereocenters. The number of nitrogens with two attached hydrogens (primary N) is 1. The highest BCUT2D eigenvalue weighted by atomic mass is 127. The molecule has 0 aliphatic heterocycles. The average Bonchev–Trinajstić information content (AvgIpc) is 2.63. The fourth-order valence-corrected chi connectivity index (χ4v) is 2.15. The van der Waals surface area contributed by atoms with Gasteiger partial charge in [-0.25, -0.2) is 0 Å². The van der Waals surface area contributed by atoms with Gasteiger partial charge in [-0.3, -0.25) is 4.68 Å². The summed E-state index contributed by atoms with van der Waals surface area (Å²) in [6.45, 7) is 0.723. The van der Waals surface area contributed by atoms with Crippen molar-refractivity contribution in [1.29, 1.82) is 0 Å². The van der Waals surface area contributed by atoms with Gasteiger partial charge in [0.2, 0.25) is 0 Å². The van der Waals surface area contributed by atoms with Crippen LogP contribution in [0.2, 0.25) is 0 Å². The molecule has 0 aliphatic rings. The van der Waals surface area contributed by atoms with Crippen molar-refractivity contribution in [3.8, 4) is 0 Å². The molecule has 0 bridgehead atoms. The summed E-state index contributed by atoms with van der Waals surface area (Å²) < 4.78 is 2.92. The van der Waals surface area contributed by atoms with Crippen molar-refractivity contribution >= 4 is 34.0 Å². The molecule has 4 nitrogen and oxygen atoms in total. The van der Waals surface area contributed by atoms with Gasteiger partial charge in [-0.15, -0.1) is 0 Å². The second-order valence-corrected chi connectivity index (χ2v) is 4.74. The summed E-state index contributed by atoms with van der Waals surface area (Å²) in [6.07, 6.45) is 1.94. The molecule has 0 fully saturated rings. The second-order valence-electron chi connectivity index (χ2n) is 3.57. The number of hydrogen-bond donors (Lipinski definition) is 2. The van der Waals surface area contributed by atoms with Crippen LogP contribution >= 0.6 is 22.6 Å². The Bertz CT molecular complexity index is 492. The Kier molecular flexibility index (Phi) is 3.33. The van der Waals surface area contributed by atoms with Gasteiger partial charge in [-0.05, 0) is 46.9 Å². The predicted molar refractivity (Wildman–Crippen MR) is 74.1 cm³/mol. The lowest BCUT2D eigenvalue weighted by molar-refractivity contribution is 0.747. The molecule has 5 heteroatoms. The first-order valence-corrected chi connectivity index (χ1v) is 6.00. The first kappa shape index (κ1) is 11.3. The molecule has 16 heavy (non-hydrogen) atoms. The molecule has 1 heterocycles. The Morgan fingerprint density at radius 1 is 1.44 bits per heavy atom. The number of nitrogens with one attached hydrogen (secondary N) is 1. The van der Waals surface area contributed by atoms with Crippen LogP contribution in [0.5, 0.6) is 0 Å². The summed E-state index contributed by atoms with van der Waals surface area (Å²) in [5.41, 5.74) is 8.58. The molecule has 2 rings (SSSR count). The number of nitrogens with zero attached hydrogens (tertiary/aromatic N) is 2. The number of halogens is 1. The normalized spacial score (nSPS) is 10.4. The Morgan fingerprint density at radius 2 is 2.25 bits per heavy atom. The van der Waals surface area contributed by atoms with Crippen molar-refractivity contribution in [3.05, 3.63) is 39.7 Å². The van der Waals surface area contributed by atoms with E-state index in [9.17, 15) is 0 Å². The van der Waals surface area contributed by atoms with E-state index < -0.39 is 0 Å². The van der Waals surface area contributed by atoms with Gasteiger partial charge in [0.05, 0.1) is 12.2 Å². The SMILES string of the molecule is Cn1ccc(CNc2ccc(N)cc2I)n1. The summed E-state index contributed by atoms with van der Waals surface area (Å²) in [4.78, 5) is 0. The molecule has 1 aromatic carbocycles. The predicted octanol–water partition coefficient (Wildman–Crippen LogP) is 2.22. The van der Waals surface area contributed by atoms with Crippen molar-refractivity contribution in [3.63, 3.8) is 0 Å². The van der Waals surface area contributed by atoms with E-state index in [2.05, 4.69) is 33.0 Å². The highest BCUT2D eigenvalue weighted by molar-refractivity contribution is 14.1. The van der Waals surface area contributed by atoms with Crippen molar-refractivity contribution in [2.75, 3.05) is 11.1 Å². The fourth-order valence-electron chi connectivity index (χ4n) is 1.42. The van der Waals surface area contributed by atoms with Gasteiger partial charge in [-0.2, -0.15) is 5.10 Å². The van der Waals surface area contributed by atoms with E-state index in [1.54, 1.807) is 4.68 Å². The molecule has 0 amide bonds. The van der Waals surface area contributed by atoms with E-state index in [1.807, 2.05) is 37.5 Å². The number of benzene rings is 1. The van der Waals surface area contributed by atoms with Crippen LogP contribution in [0.1, 0.15) is 5.69 Å². The molecule has 0 aliphatic carbocycles. The molecule has 0 spiro atoms. The van der Waals surface area contributed by atoms with Crippen LogP contribution in [0.25, 0.3) is 0 Å². The Morgan fingerprint density at radius 3 is 2.88 bits per heavy atom. The molecule has 2 aromatic rings. The minimum Gasteiger partial charge on any atom is -0.399 e. The summed E-state index contributed by atoms with van der Waals surface area (Å²) in [7, 11) is 1.91. The van der Waals surface area contributed by atoms with Crippen LogP contribution in [0.15, 0.2) is 30.5 Å². The van der Waals surface area contributed by atoms with Gasteiger partial charge in [0, 0.05) is 28.2 Å². The lowest BCUT2D eigenvalue weighted by Gasteiger charge is -2.07. The quantitative estimate of drug-likeness (QED) is 0.671. The van der Waals surface area contributed by atoms with Crippen LogP contribution in [0.3, 0.4) is 0 Å². The van der Waals surface area contributed by atoms with Crippen LogP contribution in [-0.2, 0) is 13.6 Å². The highest BCUT2D eigenvalue weighted by Gasteiger charge is 2.01. The topological polar surface area (TPSA) is 55.9 Å². The van der Waals surface area contributed by atoms with Crippen molar-refractivity contribution < 1.29 is 0 Å². The fraction of sp³-hybridized carbons (Fsp3) is 0.182. The average molecular weight is 328 g/mol. The summed E-state index contributed by atoms with van der Waals surface area (Å²) in [5.74, 6) is 0. The third-order valence-electron chi connectivity index (χ3n) is 2.22. The highest BCUT2D eigenvalue weighted by Crippen LogP contribution is 2.21. The minimum absolute atomic E-state index is 0.723. The third kappa shape index (κ3) is 2.66. The van der Waals surface area contributed by atoms with Crippen molar-refractivity contribution in [2.24, 2.45) is 7.05 Å². The first-order chi connectivity index (χ1) is 7.65. The smallest absolute Gasteiger partial charge is 0.0815 e. The van der Waals surface area contributed by atoms with Gasteiger partial charge in [0.25, 0.3) is 0 Å². The molecule has 1 aromatic heterocycles. The van der Waals surface area contributed by atoms with E-state index in [0.29, 0.717) is 0 Å². The molecule has 84 valence electrons. The molecule has 0 radical (unpaired) electrons. The standard InChI is InChI=1S/C11H13IN4/c1-16-5-4-9(15-16)7-14-11-3-2-8(13)6-10(11)12/h2-6,14H,7,13H2,1H3. The third-order valence-corrected chi connectivity index (χ3v) is 3.11. The zero-order valence-electron chi connectivity index (χ0n) is 8.94. The molecule has 0 saturated heterocycles. The van der Waals surface area contributed by atoms with Gasteiger partial charge in [0.15, 0.2) is 0 Å². The monoisotopic (exact) mass is 328 g/mol. The van der Waals surface area contributed by atoms with E-state index in [1.165, 1.54) is 0 Å². The van der Waals surface area contributed by atoms with E-state index in [4.69, 9.17) is 5.73 Å². The Balaban J connectivity index is 2.04. The number of nitrogen functional groups attached to an aromatic ring is 1. The lowest BCUT2D eigenvalue weighted by Crippen LogP contribution is -2.02. The molecule has 3 N–H and O–H groups in total. The van der Waals surface area contributed by atoms with Crippen molar-refractivity contribution in [1.82, 2.24) is 9.78 Å². The number of rotatable bonds is 3. The van der Waals surface area contributed by atoms with Gasteiger partial charge < -0.3 is 11.1 Å². The van der Waals surface area contributed by atoms with Gasteiger partial charge in [-0.1, -0.05) is 0 Å². The molecule has 0 saturated carbocycles. The zero-order chi connectivity index (χ0) is 11.5. The van der Waals surface area contributed by atoms with E-state index in [0.717, 1.165) is 27.2 Å². The van der Waals surface area contributed by atoms with Crippen molar-refractivity contribution in [2.45, 2.75) is 6.54 Å². The molecular formula is C11H13IN4. The maximum atomic E-state index is 5.69. The van der Waals surface area contributed by atoms with Crippen LogP contribution in [0, 0.1) is 3.57 Å². The number of aromatic nitrogens is 2. The number of hydrogen-bond acceptors (Lipinski definition) is 3. The minimum atomic E-state index is 0.723. The molecule has 0 unspecified atom stereocenters. The molecular weight excluding hydrogens is 315 g/mol. The van der Waals surface area contributed by atoms with Gasteiger partial charge in [0.1, 0.15) is 0 Å². The number of aryl methyl sites for hydroxylation is 1. The first-order valence-electron chi connectivity index (χ1n) is 4.92. The van der Waals surface area contributed by atoms with Crippen LogP contribution in [-0.4, -0.2) is 9.78 Å². The summed E-state index contributed by atoms with van der Waals surface area (Å²) >= 11 is 2.27. The van der Waals surface area contributed by atoms with Crippen LogP contribution < -0.4 is 11.1 Å².